The van der Waals surface area contributed by atoms with Gasteiger partial charge >= 0.3 is 5.69 Å². The number of pyridine rings is 1. The average molecular weight is 545 g/mol. The highest BCUT2D eigenvalue weighted by Crippen LogP contribution is 2.46. The minimum atomic E-state index is -0.379. The lowest BCUT2D eigenvalue weighted by Crippen LogP contribution is -2.34. The van der Waals surface area contributed by atoms with Crippen molar-refractivity contribution in [3.8, 4) is 17.4 Å². The van der Waals surface area contributed by atoms with E-state index in [1.54, 1.807) is 20.3 Å². The van der Waals surface area contributed by atoms with Gasteiger partial charge in [-0.15, -0.1) is 23.7 Å². The van der Waals surface area contributed by atoms with Crippen LogP contribution in [0, 0.1) is 5.92 Å². The number of fused-ring (bicyclic) bond motifs is 6. The van der Waals surface area contributed by atoms with Crippen molar-refractivity contribution in [1.29, 1.82) is 0 Å². The van der Waals surface area contributed by atoms with Crippen LogP contribution in [0.5, 0.6) is 17.4 Å². The number of halogens is 1. The second-order valence-corrected chi connectivity index (χ2v) is 10.4. The van der Waals surface area contributed by atoms with Gasteiger partial charge in [0.05, 0.1) is 26.3 Å². The van der Waals surface area contributed by atoms with Crippen molar-refractivity contribution < 1.29 is 14.2 Å². The van der Waals surface area contributed by atoms with Gasteiger partial charge in [-0.2, -0.15) is 0 Å². The van der Waals surface area contributed by atoms with Crippen molar-refractivity contribution in [2.45, 2.75) is 25.3 Å². The number of aromatic amines is 1. The fourth-order valence-electron chi connectivity index (χ4n) is 5.58. The summed E-state index contributed by atoms with van der Waals surface area (Å²) in [4.78, 5) is 36.3. The van der Waals surface area contributed by atoms with Gasteiger partial charge in [0.25, 0.3) is 5.56 Å². The summed E-state index contributed by atoms with van der Waals surface area (Å²) in [6, 6.07) is 9.55. The minimum Gasteiger partial charge on any atom is -0.496 e. The van der Waals surface area contributed by atoms with Crippen LogP contribution in [0.4, 0.5) is 0 Å². The van der Waals surface area contributed by atoms with Crippen LogP contribution in [-0.4, -0.2) is 59.9 Å². The molecule has 5 heterocycles. The molecule has 0 unspecified atom stereocenters. The number of methoxy groups -OCH3 is 2. The van der Waals surface area contributed by atoms with E-state index in [-0.39, 0.29) is 23.7 Å². The van der Waals surface area contributed by atoms with E-state index in [9.17, 15) is 9.59 Å². The lowest BCUT2D eigenvalue weighted by Gasteiger charge is -2.29. The molecule has 2 atom stereocenters. The van der Waals surface area contributed by atoms with Crippen LogP contribution in [0.1, 0.15) is 24.3 Å². The third-order valence-electron chi connectivity index (χ3n) is 7.35. The molecule has 1 N–H and O–H groups in total. The van der Waals surface area contributed by atoms with Crippen LogP contribution in [-0.2, 0) is 6.54 Å². The fraction of sp³-hybridized carbons (Fsp3) is 0.423. The maximum Gasteiger partial charge on any atom is 0.328 e. The highest BCUT2D eigenvalue weighted by atomic mass is 35.5. The highest BCUT2D eigenvalue weighted by molar-refractivity contribution is 7.25. The number of nitrogens with zero attached hydrogens (tertiary/aromatic N) is 3. The molecule has 0 spiro atoms. The Balaban J connectivity index is 0.00000280. The fourth-order valence-corrected chi connectivity index (χ4v) is 6.65. The SMILES string of the molecule is COc1ccc2c(n1)sc1c(=O)n(CCCCN3C[C@@H]4COc5cccc(OC)c5[C@@H]4C3)c(=O)[nH]c12.Cl. The number of thiophene rings is 1. The lowest BCUT2D eigenvalue weighted by molar-refractivity contribution is 0.209. The Hall–Kier alpha value is -3.08. The van der Waals surface area contributed by atoms with E-state index < -0.39 is 0 Å². The monoisotopic (exact) mass is 544 g/mol. The third kappa shape index (κ3) is 4.47. The second-order valence-electron chi connectivity index (χ2n) is 9.42. The minimum absolute atomic E-state index is 0. The number of aromatic nitrogens is 3. The van der Waals surface area contributed by atoms with Gasteiger partial charge in [0.15, 0.2) is 0 Å². The summed E-state index contributed by atoms with van der Waals surface area (Å²) in [5.41, 5.74) is 1.09. The predicted octanol–water partition coefficient (Wildman–Crippen LogP) is 3.63. The molecule has 0 aliphatic carbocycles. The number of H-pyrrole nitrogens is 1. The van der Waals surface area contributed by atoms with Crippen LogP contribution in [0.3, 0.4) is 0 Å². The van der Waals surface area contributed by atoms with Crippen molar-refractivity contribution in [1.82, 2.24) is 19.4 Å². The zero-order valence-corrected chi connectivity index (χ0v) is 22.3. The summed E-state index contributed by atoms with van der Waals surface area (Å²) in [6.45, 7) is 3.97. The largest absolute Gasteiger partial charge is 0.496 e. The van der Waals surface area contributed by atoms with Gasteiger partial charge in [-0.25, -0.2) is 9.78 Å². The lowest BCUT2D eigenvalue weighted by atomic mass is 9.86. The van der Waals surface area contributed by atoms with E-state index in [4.69, 9.17) is 14.2 Å². The molecule has 0 saturated carbocycles. The molecule has 1 aromatic carbocycles. The van der Waals surface area contributed by atoms with Gasteiger partial charge in [-0.05, 0) is 37.6 Å². The maximum absolute atomic E-state index is 13.1. The van der Waals surface area contributed by atoms with Crippen molar-refractivity contribution in [3.05, 3.63) is 56.7 Å². The van der Waals surface area contributed by atoms with Gasteiger partial charge in [-0.1, -0.05) is 6.07 Å². The first kappa shape index (κ1) is 25.6. The smallest absolute Gasteiger partial charge is 0.328 e. The molecule has 0 radical (unpaired) electrons. The standard InChI is InChI=1S/C26H28N4O5S.ClH/c1-33-18-6-5-7-19-21(18)17-13-29(12-15(17)14-35-19)10-3-4-11-30-25(31)23-22(28-26(30)32)16-8-9-20(34-2)27-24(16)36-23;/h5-9,15,17H,3-4,10-14H2,1-2H3,(H,28,32);1H/t15-,17-;/m1./s1. The van der Waals surface area contributed by atoms with Crippen LogP contribution < -0.4 is 25.5 Å². The van der Waals surface area contributed by atoms with Gasteiger partial charge in [-0.3, -0.25) is 9.36 Å². The number of likely N-dealkylation sites (tertiary alicyclic amines) is 1. The summed E-state index contributed by atoms with van der Waals surface area (Å²) >= 11 is 1.28. The molecule has 3 aromatic heterocycles. The van der Waals surface area contributed by atoms with Crippen molar-refractivity contribution in [2.24, 2.45) is 5.92 Å². The first-order valence-electron chi connectivity index (χ1n) is 12.2. The highest BCUT2D eigenvalue weighted by Gasteiger charge is 2.40. The van der Waals surface area contributed by atoms with Gasteiger partial charge in [0, 0.05) is 48.5 Å². The molecule has 2 aliphatic heterocycles. The summed E-state index contributed by atoms with van der Waals surface area (Å²) in [6.07, 6.45) is 1.64. The van der Waals surface area contributed by atoms with E-state index in [0.29, 0.717) is 39.3 Å². The quantitative estimate of drug-likeness (QED) is 0.355. The molecule has 11 heteroatoms. The molecule has 196 valence electrons. The molecule has 9 nitrogen and oxygen atoms in total. The third-order valence-corrected chi connectivity index (χ3v) is 8.44. The zero-order valence-electron chi connectivity index (χ0n) is 20.7. The van der Waals surface area contributed by atoms with Crippen molar-refractivity contribution in [3.63, 3.8) is 0 Å². The van der Waals surface area contributed by atoms with Crippen LogP contribution >= 0.6 is 23.7 Å². The summed E-state index contributed by atoms with van der Waals surface area (Å²) in [7, 11) is 3.26. The summed E-state index contributed by atoms with van der Waals surface area (Å²) in [5.74, 6) is 3.15. The number of unbranched alkanes of at least 4 members (excludes halogenated alkanes) is 1. The van der Waals surface area contributed by atoms with E-state index >= 15 is 0 Å². The first-order chi connectivity index (χ1) is 17.6. The van der Waals surface area contributed by atoms with E-state index in [2.05, 4.69) is 14.9 Å². The Morgan fingerprint density at radius 3 is 2.76 bits per heavy atom. The maximum atomic E-state index is 13.1. The molecular weight excluding hydrogens is 516 g/mol. The van der Waals surface area contributed by atoms with Crippen LogP contribution in [0.2, 0.25) is 0 Å². The second kappa shape index (κ2) is 10.4. The zero-order chi connectivity index (χ0) is 24.8. The summed E-state index contributed by atoms with van der Waals surface area (Å²) in [5, 5.41) is 0.759. The Morgan fingerprint density at radius 2 is 1.95 bits per heavy atom. The van der Waals surface area contributed by atoms with E-state index in [1.807, 2.05) is 24.3 Å². The molecule has 0 amide bonds. The number of hydrogen-bond donors (Lipinski definition) is 1. The van der Waals surface area contributed by atoms with Crippen LogP contribution in [0.15, 0.2) is 39.9 Å². The van der Waals surface area contributed by atoms with Gasteiger partial charge in [0.2, 0.25) is 5.88 Å². The van der Waals surface area contributed by atoms with Crippen molar-refractivity contribution in [2.75, 3.05) is 40.5 Å². The Labute approximate surface area is 223 Å². The average Bonchev–Trinajstić information content (AvgIpc) is 3.48. The Bertz CT molecular complexity index is 1550. The molecule has 0 bridgehead atoms. The number of rotatable bonds is 7. The number of hydrogen-bond acceptors (Lipinski definition) is 8. The topological polar surface area (TPSA) is 98.7 Å². The molecule has 6 rings (SSSR count). The summed E-state index contributed by atoms with van der Waals surface area (Å²) < 4.78 is 18.6. The first-order valence-corrected chi connectivity index (χ1v) is 13.0. The Kier molecular flexibility index (Phi) is 7.15. The van der Waals surface area contributed by atoms with Crippen molar-refractivity contribution >= 4 is 44.2 Å². The number of benzene rings is 1. The molecular formula is C26H29ClN4O5S. The molecule has 1 saturated heterocycles. The number of ether oxygens (including phenoxy) is 3. The van der Waals surface area contributed by atoms with E-state index in [1.165, 1.54) is 21.5 Å². The molecule has 2 aliphatic rings. The predicted molar refractivity (Wildman–Crippen MR) is 146 cm³/mol. The molecule has 37 heavy (non-hydrogen) atoms. The molecule has 4 aromatic rings. The van der Waals surface area contributed by atoms with Crippen LogP contribution in [0.25, 0.3) is 20.4 Å². The molecule has 1 fully saturated rings. The van der Waals surface area contributed by atoms with E-state index in [0.717, 1.165) is 56.0 Å². The van der Waals surface area contributed by atoms with Gasteiger partial charge in [0.1, 0.15) is 21.0 Å². The van der Waals surface area contributed by atoms with Gasteiger partial charge < -0.3 is 24.1 Å². The number of nitrogens with one attached hydrogen (secondary N) is 1. The Morgan fingerprint density at radius 1 is 1.11 bits per heavy atom. The normalized spacial score (nSPS) is 18.8.